The minimum atomic E-state index is -0.236. The number of nitrogens with one attached hydrogen (secondary N) is 1. The molecule has 0 spiro atoms. The Balaban J connectivity index is 1.71. The molecule has 0 saturated carbocycles. The van der Waals surface area contributed by atoms with Crippen LogP contribution in [0.5, 0.6) is 0 Å². The van der Waals surface area contributed by atoms with Gasteiger partial charge in [0.05, 0.1) is 24.2 Å². The molecule has 0 aliphatic carbocycles. The van der Waals surface area contributed by atoms with E-state index in [2.05, 4.69) is 11.4 Å². The van der Waals surface area contributed by atoms with Crippen LogP contribution in [0.25, 0.3) is 0 Å². The minimum Gasteiger partial charge on any atom is -0.376 e. The molecule has 1 aliphatic heterocycles. The lowest BCUT2D eigenvalue weighted by atomic mass is 9.89. The van der Waals surface area contributed by atoms with E-state index in [1.807, 2.05) is 18.7 Å². The maximum Gasteiger partial charge on any atom is 0.242 e. The Morgan fingerprint density at radius 3 is 2.68 bits per heavy atom. The first-order valence-electron chi connectivity index (χ1n) is 8.33. The van der Waals surface area contributed by atoms with Gasteiger partial charge in [-0.2, -0.15) is 5.26 Å². The fraction of sp³-hybridized carbons (Fsp3) is 0.300. The average molecular weight is 337 g/mol. The first kappa shape index (κ1) is 17.0. The second-order valence-electron chi connectivity index (χ2n) is 6.42. The highest BCUT2D eigenvalue weighted by atomic mass is 19.1. The van der Waals surface area contributed by atoms with Gasteiger partial charge in [-0.15, -0.1) is 0 Å². The number of carbonyl (C=O) groups excluding carboxylic acids is 1. The molecule has 1 aliphatic rings. The molecule has 25 heavy (non-hydrogen) atoms. The summed E-state index contributed by atoms with van der Waals surface area (Å²) < 4.78 is 13.5. The zero-order chi connectivity index (χ0) is 18.0. The summed E-state index contributed by atoms with van der Waals surface area (Å²) in [5.41, 5.74) is 3.36. The van der Waals surface area contributed by atoms with E-state index in [0.29, 0.717) is 12.0 Å². The number of anilines is 1. The van der Waals surface area contributed by atoms with Gasteiger partial charge in [-0.1, -0.05) is 6.07 Å². The summed E-state index contributed by atoms with van der Waals surface area (Å²) in [5.74, 6) is -0.236. The molecule has 0 radical (unpaired) electrons. The SMILES string of the molecule is CC1Cc2cc(F)ccc2C(C)N1C(=O)CNc1ccc(C#N)cc1. The molecule has 3 rings (SSSR count). The van der Waals surface area contributed by atoms with Crippen LogP contribution in [0.2, 0.25) is 0 Å². The molecule has 0 fully saturated rings. The van der Waals surface area contributed by atoms with Gasteiger partial charge in [0.2, 0.25) is 5.91 Å². The summed E-state index contributed by atoms with van der Waals surface area (Å²) in [6.07, 6.45) is 0.653. The van der Waals surface area contributed by atoms with E-state index in [1.54, 1.807) is 36.4 Å². The van der Waals surface area contributed by atoms with Crippen molar-refractivity contribution < 1.29 is 9.18 Å². The number of nitriles is 1. The lowest BCUT2D eigenvalue weighted by Crippen LogP contribution is -2.47. The summed E-state index contributed by atoms with van der Waals surface area (Å²) in [7, 11) is 0. The number of fused-ring (bicyclic) bond motifs is 1. The standard InChI is InChI=1S/C20H20FN3O/c1-13-9-16-10-17(21)5-8-19(16)14(2)24(13)20(25)12-23-18-6-3-15(11-22)4-7-18/h3-8,10,13-14,23H,9,12H2,1-2H3. The molecule has 0 bridgehead atoms. The van der Waals surface area contributed by atoms with Crippen LogP contribution in [-0.4, -0.2) is 23.4 Å². The molecule has 128 valence electrons. The Labute approximate surface area is 146 Å². The maximum atomic E-state index is 13.5. The molecule has 0 saturated heterocycles. The predicted octanol–water partition coefficient (Wildman–Crippen LogP) is 3.64. The molecule has 1 N–H and O–H groups in total. The topological polar surface area (TPSA) is 56.1 Å². The number of hydrogen-bond acceptors (Lipinski definition) is 3. The fourth-order valence-electron chi connectivity index (χ4n) is 3.50. The Morgan fingerprint density at radius 1 is 1.28 bits per heavy atom. The first-order chi connectivity index (χ1) is 12.0. The summed E-state index contributed by atoms with van der Waals surface area (Å²) in [5, 5.41) is 11.9. The van der Waals surface area contributed by atoms with Crippen LogP contribution in [0, 0.1) is 17.1 Å². The van der Waals surface area contributed by atoms with Crippen LogP contribution >= 0.6 is 0 Å². The maximum absolute atomic E-state index is 13.5. The molecule has 2 unspecified atom stereocenters. The van der Waals surface area contributed by atoms with Gasteiger partial charge in [-0.3, -0.25) is 4.79 Å². The molecule has 1 heterocycles. The van der Waals surface area contributed by atoms with Crippen molar-refractivity contribution in [1.29, 1.82) is 5.26 Å². The molecule has 4 nitrogen and oxygen atoms in total. The van der Waals surface area contributed by atoms with E-state index in [0.717, 1.165) is 16.8 Å². The number of amides is 1. The summed E-state index contributed by atoms with van der Waals surface area (Å²) in [4.78, 5) is 14.6. The Kier molecular flexibility index (Phi) is 4.71. The third-order valence-electron chi connectivity index (χ3n) is 4.71. The molecule has 2 aromatic carbocycles. The van der Waals surface area contributed by atoms with E-state index in [-0.39, 0.29) is 30.4 Å². The van der Waals surface area contributed by atoms with Gasteiger partial charge in [0.1, 0.15) is 5.82 Å². The van der Waals surface area contributed by atoms with Gasteiger partial charge in [0.15, 0.2) is 0 Å². The van der Waals surface area contributed by atoms with Crippen LogP contribution in [0.4, 0.5) is 10.1 Å². The predicted molar refractivity (Wildman–Crippen MR) is 94.5 cm³/mol. The van der Waals surface area contributed by atoms with Crippen LogP contribution in [0.3, 0.4) is 0 Å². The summed E-state index contributed by atoms with van der Waals surface area (Å²) in [6, 6.07) is 13.8. The van der Waals surface area contributed by atoms with Crippen molar-refractivity contribution in [2.24, 2.45) is 0 Å². The van der Waals surface area contributed by atoms with E-state index < -0.39 is 0 Å². The number of benzene rings is 2. The van der Waals surface area contributed by atoms with E-state index in [1.165, 1.54) is 6.07 Å². The summed E-state index contributed by atoms with van der Waals surface area (Å²) >= 11 is 0. The van der Waals surface area contributed by atoms with Crippen molar-refractivity contribution >= 4 is 11.6 Å². The third-order valence-corrected chi connectivity index (χ3v) is 4.71. The van der Waals surface area contributed by atoms with Crippen molar-refractivity contribution in [1.82, 2.24) is 4.90 Å². The van der Waals surface area contributed by atoms with Gasteiger partial charge in [0.25, 0.3) is 0 Å². The monoisotopic (exact) mass is 337 g/mol. The van der Waals surface area contributed by atoms with Gasteiger partial charge in [-0.25, -0.2) is 4.39 Å². The molecule has 2 atom stereocenters. The Hall–Kier alpha value is -2.87. The number of rotatable bonds is 3. The van der Waals surface area contributed by atoms with Crippen LogP contribution in [0.15, 0.2) is 42.5 Å². The molecular formula is C20H20FN3O. The van der Waals surface area contributed by atoms with Crippen LogP contribution in [0.1, 0.15) is 36.6 Å². The van der Waals surface area contributed by atoms with E-state index in [4.69, 9.17) is 5.26 Å². The van der Waals surface area contributed by atoms with Crippen LogP contribution in [-0.2, 0) is 11.2 Å². The van der Waals surface area contributed by atoms with Crippen molar-refractivity contribution in [2.45, 2.75) is 32.4 Å². The van der Waals surface area contributed by atoms with Crippen molar-refractivity contribution in [2.75, 3.05) is 11.9 Å². The highest BCUT2D eigenvalue weighted by Gasteiger charge is 2.32. The van der Waals surface area contributed by atoms with E-state index >= 15 is 0 Å². The Morgan fingerprint density at radius 2 is 2.00 bits per heavy atom. The number of halogens is 1. The summed E-state index contributed by atoms with van der Waals surface area (Å²) in [6.45, 7) is 4.15. The second kappa shape index (κ2) is 6.94. The molecule has 0 aromatic heterocycles. The second-order valence-corrected chi connectivity index (χ2v) is 6.42. The normalized spacial score (nSPS) is 19.0. The third kappa shape index (κ3) is 3.48. The molecule has 5 heteroatoms. The average Bonchev–Trinajstić information content (AvgIpc) is 2.60. The zero-order valence-electron chi connectivity index (χ0n) is 14.3. The van der Waals surface area contributed by atoms with Gasteiger partial charge < -0.3 is 10.2 Å². The molecular weight excluding hydrogens is 317 g/mol. The van der Waals surface area contributed by atoms with Crippen molar-refractivity contribution in [3.8, 4) is 6.07 Å². The first-order valence-corrected chi connectivity index (χ1v) is 8.33. The van der Waals surface area contributed by atoms with Gasteiger partial charge in [0, 0.05) is 11.7 Å². The van der Waals surface area contributed by atoms with Gasteiger partial charge in [-0.05, 0) is 67.8 Å². The molecule has 1 amide bonds. The number of carbonyl (C=O) groups is 1. The van der Waals surface area contributed by atoms with Gasteiger partial charge >= 0.3 is 0 Å². The quantitative estimate of drug-likeness (QED) is 0.930. The largest absolute Gasteiger partial charge is 0.376 e. The Bertz CT molecular complexity index is 826. The number of hydrogen-bond donors (Lipinski definition) is 1. The van der Waals surface area contributed by atoms with Crippen molar-refractivity contribution in [3.63, 3.8) is 0 Å². The lowest BCUT2D eigenvalue weighted by Gasteiger charge is -2.40. The fourth-order valence-corrected chi connectivity index (χ4v) is 3.50. The van der Waals surface area contributed by atoms with Crippen molar-refractivity contribution in [3.05, 3.63) is 65.0 Å². The van der Waals surface area contributed by atoms with E-state index in [9.17, 15) is 9.18 Å². The highest BCUT2D eigenvalue weighted by Crippen LogP contribution is 2.33. The lowest BCUT2D eigenvalue weighted by molar-refractivity contribution is -0.134. The van der Waals surface area contributed by atoms with Crippen LogP contribution < -0.4 is 5.32 Å². The zero-order valence-corrected chi connectivity index (χ0v) is 14.3. The molecule has 2 aromatic rings. The smallest absolute Gasteiger partial charge is 0.242 e. The number of nitrogens with zero attached hydrogens (tertiary/aromatic N) is 2. The highest BCUT2D eigenvalue weighted by molar-refractivity contribution is 5.82. The minimum absolute atomic E-state index is 0.000616.